The van der Waals surface area contributed by atoms with Crippen molar-refractivity contribution in [1.29, 1.82) is 0 Å². The van der Waals surface area contributed by atoms with Gasteiger partial charge in [-0.3, -0.25) is 4.98 Å². The van der Waals surface area contributed by atoms with E-state index in [-0.39, 0.29) is 5.69 Å². The number of rotatable bonds is 4. The molecule has 8 heteroatoms. The molecule has 0 aliphatic rings. The van der Waals surface area contributed by atoms with Gasteiger partial charge in [-0.1, -0.05) is 0 Å². The van der Waals surface area contributed by atoms with Crippen LogP contribution in [0.5, 0.6) is 5.75 Å². The molecule has 0 aliphatic carbocycles. The van der Waals surface area contributed by atoms with Gasteiger partial charge in [0.25, 0.3) is 0 Å². The maximum Gasteiger partial charge on any atom is 0.413 e. The van der Waals surface area contributed by atoms with Crippen molar-refractivity contribution in [3.63, 3.8) is 0 Å². The highest BCUT2D eigenvalue weighted by Crippen LogP contribution is 2.34. The fraction of sp³-hybridized carbons (Fsp3) is 0.583. The molecule has 0 amide bonds. The van der Waals surface area contributed by atoms with Crippen molar-refractivity contribution in [2.45, 2.75) is 37.7 Å². The molecule has 1 rings (SSSR count). The fourth-order valence-corrected chi connectivity index (χ4v) is 2.08. The van der Waals surface area contributed by atoms with E-state index in [2.05, 4.69) is 9.71 Å². The van der Waals surface area contributed by atoms with Gasteiger partial charge in [0.05, 0.1) is 19.0 Å². The molecule has 0 bridgehead atoms. The molecule has 0 spiro atoms. The summed E-state index contributed by atoms with van der Waals surface area (Å²) in [4.78, 5) is 3.71. The van der Waals surface area contributed by atoms with Gasteiger partial charge >= 0.3 is 6.18 Å². The second kappa shape index (κ2) is 6.19. The average Bonchev–Trinajstić information content (AvgIpc) is 2.33. The maximum atomic E-state index is 13.1. The third-order valence-corrected chi connectivity index (χ3v) is 3.96. The molecular weight excluding hydrogens is 293 g/mol. The van der Waals surface area contributed by atoms with Crippen LogP contribution in [-0.4, -0.2) is 27.6 Å². The average molecular weight is 310 g/mol. The van der Waals surface area contributed by atoms with Crippen molar-refractivity contribution in [1.82, 2.24) is 9.71 Å². The number of methoxy groups -OCH3 is 1. The highest BCUT2D eigenvalue weighted by atomic mass is 32.2. The number of hydrogen-bond acceptors (Lipinski definition) is 4. The lowest BCUT2D eigenvalue weighted by atomic mass is 10.2. The molecular formula is C12H17F3N2O2S. The fourth-order valence-electron chi connectivity index (χ4n) is 1.26. The highest BCUT2D eigenvalue weighted by molar-refractivity contribution is 7.90. The number of alkyl halides is 3. The van der Waals surface area contributed by atoms with Gasteiger partial charge in [0.2, 0.25) is 0 Å². The van der Waals surface area contributed by atoms with E-state index in [0.717, 1.165) is 0 Å². The van der Waals surface area contributed by atoms with E-state index in [9.17, 15) is 17.7 Å². The first kappa shape index (κ1) is 17.1. The predicted molar refractivity (Wildman–Crippen MR) is 70.6 cm³/mol. The Hall–Kier alpha value is -0.990. The Balaban J connectivity index is 3.01. The molecule has 0 radical (unpaired) electrons. The van der Waals surface area contributed by atoms with Gasteiger partial charge in [-0.15, -0.1) is 4.72 Å². The molecule has 0 aliphatic heterocycles. The van der Waals surface area contributed by atoms with Gasteiger partial charge in [-0.05, 0) is 32.9 Å². The summed E-state index contributed by atoms with van der Waals surface area (Å²) in [6.07, 6.45) is -3.40. The quantitative estimate of drug-likeness (QED) is 0.869. The monoisotopic (exact) mass is 310 g/mol. The van der Waals surface area contributed by atoms with E-state index in [0.29, 0.717) is 5.75 Å². The van der Waals surface area contributed by atoms with E-state index in [1.807, 2.05) is 0 Å². The third kappa shape index (κ3) is 4.53. The summed E-state index contributed by atoms with van der Waals surface area (Å²) in [5.74, 6) is 0.353. The Morgan fingerprint density at radius 3 is 2.25 bits per heavy atom. The van der Waals surface area contributed by atoms with E-state index < -0.39 is 28.3 Å². The Kier molecular flexibility index (Phi) is 5.28. The molecule has 1 aromatic heterocycles. The Morgan fingerprint density at radius 2 is 1.90 bits per heavy atom. The summed E-state index contributed by atoms with van der Waals surface area (Å²) in [6, 6.07) is 0.487. The minimum atomic E-state index is -4.59. The van der Waals surface area contributed by atoms with Gasteiger partial charge in [0.15, 0.2) is 6.04 Å². The second-order valence-electron chi connectivity index (χ2n) is 5.10. The number of pyridine rings is 1. The molecule has 1 heterocycles. The molecule has 20 heavy (non-hydrogen) atoms. The number of nitrogens with one attached hydrogen (secondary N) is 1. The van der Waals surface area contributed by atoms with Crippen LogP contribution in [0.1, 0.15) is 32.5 Å². The summed E-state index contributed by atoms with van der Waals surface area (Å²) >= 11 is -1.86. The van der Waals surface area contributed by atoms with Crippen molar-refractivity contribution < 1.29 is 22.5 Å². The predicted octanol–water partition coefficient (Wildman–Crippen LogP) is 2.75. The van der Waals surface area contributed by atoms with Crippen LogP contribution < -0.4 is 9.46 Å². The van der Waals surface area contributed by atoms with Crippen molar-refractivity contribution in [3.8, 4) is 5.75 Å². The molecule has 0 fully saturated rings. The number of ether oxygens (including phenoxy) is 1. The summed E-state index contributed by atoms with van der Waals surface area (Å²) in [7, 11) is 1.39. The second-order valence-corrected chi connectivity index (χ2v) is 7.09. The van der Waals surface area contributed by atoms with Crippen LogP contribution >= 0.6 is 0 Å². The van der Waals surface area contributed by atoms with Crippen LogP contribution in [0.3, 0.4) is 0 Å². The first-order valence-electron chi connectivity index (χ1n) is 5.80. The van der Waals surface area contributed by atoms with E-state index in [1.54, 1.807) is 20.8 Å². The Morgan fingerprint density at radius 1 is 1.30 bits per heavy atom. The van der Waals surface area contributed by atoms with Gasteiger partial charge in [0, 0.05) is 11.4 Å². The van der Waals surface area contributed by atoms with Gasteiger partial charge in [-0.25, -0.2) is 0 Å². The molecule has 2 atom stereocenters. The SMILES string of the molecule is COc1ccc([C@H](N[S@+]([O-])C(C)(C)C)C(F)(F)F)nc1. The topological polar surface area (TPSA) is 57.2 Å². The Labute approximate surface area is 119 Å². The van der Waals surface area contributed by atoms with E-state index in [4.69, 9.17) is 4.74 Å². The van der Waals surface area contributed by atoms with Crippen molar-refractivity contribution in [2.24, 2.45) is 0 Å². The smallest absolute Gasteiger partial charge is 0.413 e. The summed E-state index contributed by atoms with van der Waals surface area (Å²) in [5, 5.41) is 0. The molecule has 0 saturated heterocycles. The molecule has 0 aromatic carbocycles. The van der Waals surface area contributed by atoms with Gasteiger partial charge in [0.1, 0.15) is 10.5 Å². The van der Waals surface area contributed by atoms with Crippen LogP contribution in [0, 0.1) is 0 Å². The first-order valence-corrected chi connectivity index (χ1v) is 6.95. The van der Waals surface area contributed by atoms with Crippen molar-refractivity contribution >= 4 is 11.4 Å². The molecule has 0 saturated carbocycles. The summed E-state index contributed by atoms with van der Waals surface area (Å²) in [6.45, 7) is 4.76. The van der Waals surface area contributed by atoms with Crippen LogP contribution in [-0.2, 0) is 11.4 Å². The first-order chi connectivity index (χ1) is 9.05. The third-order valence-electron chi connectivity index (χ3n) is 2.40. The number of aromatic nitrogens is 1. The van der Waals surface area contributed by atoms with E-state index in [1.165, 1.54) is 25.4 Å². The van der Waals surface area contributed by atoms with Crippen molar-refractivity contribution in [2.75, 3.05) is 7.11 Å². The standard InChI is InChI=1S/C12H17F3N2O2S/c1-11(2,3)20(18)17-10(12(13,14)15)9-6-5-8(19-4)7-16-9/h5-7,10,17H,1-4H3/t10-,20+/m0/s1. The van der Waals surface area contributed by atoms with Gasteiger partial charge < -0.3 is 9.29 Å². The van der Waals surface area contributed by atoms with Crippen LogP contribution in [0.15, 0.2) is 18.3 Å². The minimum absolute atomic E-state index is 0.254. The molecule has 114 valence electrons. The van der Waals surface area contributed by atoms with Crippen molar-refractivity contribution in [3.05, 3.63) is 24.0 Å². The molecule has 0 unspecified atom stereocenters. The summed E-state index contributed by atoms with van der Waals surface area (Å²) in [5.41, 5.74) is -0.254. The van der Waals surface area contributed by atoms with Crippen LogP contribution in [0.2, 0.25) is 0 Å². The lowest BCUT2D eigenvalue weighted by molar-refractivity contribution is -0.153. The zero-order chi connectivity index (χ0) is 15.6. The number of halogens is 3. The maximum absolute atomic E-state index is 13.1. The minimum Gasteiger partial charge on any atom is -0.598 e. The lowest BCUT2D eigenvalue weighted by Crippen LogP contribution is -2.45. The largest absolute Gasteiger partial charge is 0.598 e. The van der Waals surface area contributed by atoms with Crippen LogP contribution in [0.4, 0.5) is 13.2 Å². The summed E-state index contributed by atoms with van der Waals surface area (Å²) < 4.78 is 57.2. The normalized spacial score (nSPS) is 15.8. The van der Waals surface area contributed by atoms with E-state index >= 15 is 0 Å². The highest BCUT2D eigenvalue weighted by Gasteiger charge is 2.46. The molecule has 1 aromatic rings. The van der Waals surface area contributed by atoms with Gasteiger partial charge in [-0.2, -0.15) is 13.2 Å². The number of nitrogens with zero attached hydrogens (tertiary/aromatic N) is 1. The lowest BCUT2D eigenvalue weighted by Gasteiger charge is -2.28. The van der Waals surface area contributed by atoms with Crippen LogP contribution in [0.25, 0.3) is 0 Å². The Bertz CT molecular complexity index is 432. The molecule has 1 N–H and O–H groups in total. The zero-order valence-corrected chi connectivity index (χ0v) is 12.4. The number of hydrogen-bond donors (Lipinski definition) is 1. The molecule has 4 nitrogen and oxygen atoms in total. The zero-order valence-electron chi connectivity index (χ0n) is 11.6.